The molecule has 0 radical (unpaired) electrons. The zero-order valence-corrected chi connectivity index (χ0v) is 9.46. The van der Waals surface area contributed by atoms with Gasteiger partial charge in [0.1, 0.15) is 0 Å². The van der Waals surface area contributed by atoms with Crippen molar-refractivity contribution < 1.29 is 9.90 Å². The monoisotopic (exact) mass is 208 g/mol. The molecule has 0 aliphatic heterocycles. The maximum atomic E-state index is 11.5. The smallest absolute Gasteiger partial charge is 0.310 e. The first-order valence-electron chi connectivity index (χ1n) is 5.98. The molecule has 0 spiro atoms. The molecule has 3 unspecified atom stereocenters. The van der Waals surface area contributed by atoms with Gasteiger partial charge in [-0.15, -0.1) is 0 Å². The lowest BCUT2D eigenvalue weighted by atomic mass is 9.69. The van der Waals surface area contributed by atoms with Crippen LogP contribution in [-0.2, 0) is 4.79 Å². The lowest BCUT2D eigenvalue weighted by Gasteiger charge is -2.34. The van der Waals surface area contributed by atoms with Crippen molar-refractivity contribution in [1.29, 1.82) is 0 Å². The molecule has 84 valence electrons. The van der Waals surface area contributed by atoms with Crippen LogP contribution in [-0.4, -0.2) is 11.1 Å². The summed E-state index contributed by atoms with van der Waals surface area (Å²) >= 11 is 0. The molecule has 1 N–H and O–H groups in total. The van der Waals surface area contributed by atoms with Crippen LogP contribution in [0.5, 0.6) is 0 Å². The van der Waals surface area contributed by atoms with Gasteiger partial charge in [0.15, 0.2) is 0 Å². The van der Waals surface area contributed by atoms with E-state index in [0.717, 1.165) is 31.3 Å². The van der Waals surface area contributed by atoms with E-state index >= 15 is 0 Å². The van der Waals surface area contributed by atoms with Gasteiger partial charge in [0.05, 0.1) is 5.41 Å². The van der Waals surface area contributed by atoms with E-state index in [4.69, 9.17) is 0 Å². The number of carbonyl (C=O) groups is 1. The zero-order chi connectivity index (χ0) is 11.1. The van der Waals surface area contributed by atoms with Crippen molar-refractivity contribution in [2.75, 3.05) is 0 Å². The Morgan fingerprint density at radius 3 is 2.67 bits per heavy atom. The predicted octanol–water partition coefficient (Wildman–Crippen LogP) is 3.23. The number of aliphatic carboxylic acids is 1. The molecule has 2 bridgehead atoms. The Morgan fingerprint density at radius 1 is 1.53 bits per heavy atom. The highest BCUT2D eigenvalue weighted by Crippen LogP contribution is 2.58. The van der Waals surface area contributed by atoms with Crippen LogP contribution in [0.15, 0.2) is 12.2 Å². The number of rotatable bonds is 4. The molecule has 2 aliphatic rings. The molecular formula is C13H20O2. The van der Waals surface area contributed by atoms with Gasteiger partial charge < -0.3 is 5.11 Å². The highest BCUT2D eigenvalue weighted by Gasteiger charge is 2.55. The number of carboxylic acid groups (broad SMARTS) is 1. The molecule has 15 heavy (non-hydrogen) atoms. The van der Waals surface area contributed by atoms with Gasteiger partial charge in [-0.1, -0.05) is 25.5 Å². The summed E-state index contributed by atoms with van der Waals surface area (Å²) in [4.78, 5) is 11.5. The SMILES string of the molecule is C=C(CC)CC1(C(=O)O)CC2CCC1C2. The Hall–Kier alpha value is -0.790. The van der Waals surface area contributed by atoms with E-state index in [1.54, 1.807) is 0 Å². The van der Waals surface area contributed by atoms with Crippen molar-refractivity contribution in [2.45, 2.75) is 45.4 Å². The fourth-order valence-electron chi connectivity index (χ4n) is 3.57. The quantitative estimate of drug-likeness (QED) is 0.720. The first-order chi connectivity index (χ1) is 7.08. The summed E-state index contributed by atoms with van der Waals surface area (Å²) < 4.78 is 0. The van der Waals surface area contributed by atoms with Gasteiger partial charge >= 0.3 is 5.97 Å². The first-order valence-corrected chi connectivity index (χ1v) is 5.98. The maximum Gasteiger partial charge on any atom is 0.310 e. The molecule has 0 saturated heterocycles. The van der Waals surface area contributed by atoms with Crippen molar-refractivity contribution in [1.82, 2.24) is 0 Å². The predicted molar refractivity (Wildman–Crippen MR) is 59.6 cm³/mol. The molecule has 0 aromatic carbocycles. The fraction of sp³-hybridized carbons (Fsp3) is 0.769. The molecule has 0 aromatic rings. The lowest BCUT2D eigenvalue weighted by molar-refractivity contribution is -0.152. The average molecular weight is 208 g/mol. The maximum absolute atomic E-state index is 11.5. The summed E-state index contributed by atoms with van der Waals surface area (Å²) in [5.41, 5.74) is 0.653. The van der Waals surface area contributed by atoms with E-state index in [-0.39, 0.29) is 0 Å². The van der Waals surface area contributed by atoms with Gasteiger partial charge in [-0.2, -0.15) is 0 Å². The van der Waals surface area contributed by atoms with E-state index in [2.05, 4.69) is 13.5 Å². The minimum Gasteiger partial charge on any atom is -0.481 e. The molecule has 2 aliphatic carbocycles. The summed E-state index contributed by atoms with van der Waals surface area (Å²) in [6, 6.07) is 0. The van der Waals surface area contributed by atoms with Gasteiger partial charge in [0.2, 0.25) is 0 Å². The first kappa shape index (κ1) is 10.7. The fourth-order valence-corrected chi connectivity index (χ4v) is 3.57. The molecule has 2 fully saturated rings. The molecule has 2 heteroatoms. The van der Waals surface area contributed by atoms with Crippen LogP contribution in [0.2, 0.25) is 0 Å². The molecule has 0 aromatic heterocycles. The highest BCUT2D eigenvalue weighted by atomic mass is 16.4. The van der Waals surface area contributed by atoms with Crippen molar-refractivity contribution in [3.8, 4) is 0 Å². The second-order valence-electron chi connectivity index (χ2n) is 5.32. The number of hydrogen-bond donors (Lipinski definition) is 1. The Labute approximate surface area is 91.4 Å². The largest absolute Gasteiger partial charge is 0.481 e. The highest BCUT2D eigenvalue weighted by molar-refractivity contribution is 5.76. The summed E-state index contributed by atoms with van der Waals surface area (Å²) in [7, 11) is 0. The summed E-state index contributed by atoms with van der Waals surface area (Å²) in [6.07, 6.45) is 6.02. The summed E-state index contributed by atoms with van der Waals surface area (Å²) in [6.45, 7) is 6.04. The minimum atomic E-state index is -0.579. The number of hydrogen-bond acceptors (Lipinski definition) is 1. The van der Waals surface area contributed by atoms with Gasteiger partial charge in [-0.3, -0.25) is 4.79 Å². The average Bonchev–Trinajstić information content (AvgIpc) is 2.77. The van der Waals surface area contributed by atoms with Crippen LogP contribution in [0.1, 0.15) is 45.4 Å². The van der Waals surface area contributed by atoms with Gasteiger partial charge in [-0.05, 0) is 43.9 Å². The van der Waals surface area contributed by atoms with Gasteiger partial charge in [0, 0.05) is 0 Å². The van der Waals surface area contributed by atoms with Crippen molar-refractivity contribution in [3.05, 3.63) is 12.2 Å². The Morgan fingerprint density at radius 2 is 2.27 bits per heavy atom. The molecule has 0 heterocycles. The molecule has 3 atom stereocenters. The van der Waals surface area contributed by atoms with Crippen LogP contribution < -0.4 is 0 Å². The zero-order valence-electron chi connectivity index (χ0n) is 9.46. The number of allylic oxidation sites excluding steroid dienone is 1. The van der Waals surface area contributed by atoms with E-state index in [9.17, 15) is 9.90 Å². The van der Waals surface area contributed by atoms with Crippen molar-refractivity contribution in [3.63, 3.8) is 0 Å². The number of fused-ring (bicyclic) bond motifs is 2. The van der Waals surface area contributed by atoms with Crippen LogP contribution in [0.4, 0.5) is 0 Å². The Kier molecular flexibility index (Phi) is 2.61. The lowest BCUT2D eigenvalue weighted by Crippen LogP contribution is -2.36. The topological polar surface area (TPSA) is 37.3 Å². The van der Waals surface area contributed by atoms with Crippen LogP contribution >= 0.6 is 0 Å². The second-order valence-corrected chi connectivity index (χ2v) is 5.32. The van der Waals surface area contributed by atoms with E-state index in [1.807, 2.05) is 0 Å². The molecule has 2 nitrogen and oxygen atoms in total. The third kappa shape index (κ3) is 1.60. The van der Waals surface area contributed by atoms with E-state index < -0.39 is 11.4 Å². The molecular weight excluding hydrogens is 188 g/mol. The Bertz CT molecular complexity index is 295. The number of carboxylic acids is 1. The van der Waals surface area contributed by atoms with Crippen LogP contribution in [0.25, 0.3) is 0 Å². The minimum absolute atomic E-state index is 0.420. The molecule has 0 amide bonds. The van der Waals surface area contributed by atoms with Crippen molar-refractivity contribution in [2.24, 2.45) is 17.3 Å². The molecule has 2 rings (SSSR count). The summed E-state index contributed by atoms with van der Waals surface area (Å²) in [5.74, 6) is 0.517. The second kappa shape index (κ2) is 3.66. The summed E-state index contributed by atoms with van der Waals surface area (Å²) in [5, 5.41) is 9.49. The van der Waals surface area contributed by atoms with Crippen LogP contribution in [0, 0.1) is 17.3 Å². The standard InChI is InChI=1S/C13H20O2/c1-3-9(2)7-13(12(14)15)8-10-4-5-11(13)6-10/h10-11H,2-8H2,1H3,(H,14,15). The van der Waals surface area contributed by atoms with Crippen LogP contribution in [0.3, 0.4) is 0 Å². The Balaban J connectivity index is 2.19. The van der Waals surface area contributed by atoms with Gasteiger partial charge in [-0.25, -0.2) is 0 Å². The van der Waals surface area contributed by atoms with Crippen molar-refractivity contribution >= 4 is 5.97 Å². The molecule has 2 saturated carbocycles. The van der Waals surface area contributed by atoms with E-state index in [0.29, 0.717) is 18.3 Å². The third-order valence-electron chi connectivity index (χ3n) is 4.47. The van der Waals surface area contributed by atoms with Gasteiger partial charge in [0.25, 0.3) is 0 Å². The normalized spacial score (nSPS) is 38.2. The van der Waals surface area contributed by atoms with E-state index in [1.165, 1.54) is 6.42 Å². The third-order valence-corrected chi connectivity index (χ3v) is 4.47.